The predicted molar refractivity (Wildman–Crippen MR) is 97.6 cm³/mol. The van der Waals surface area contributed by atoms with Crippen molar-refractivity contribution in [2.75, 3.05) is 6.54 Å². The minimum Gasteiger partial charge on any atom is -0.453 e. The van der Waals surface area contributed by atoms with Gasteiger partial charge in [0.1, 0.15) is 6.04 Å². The van der Waals surface area contributed by atoms with E-state index in [9.17, 15) is 19.5 Å². The number of aliphatic hydroxyl groups excluding tert-OH is 1. The summed E-state index contributed by atoms with van der Waals surface area (Å²) in [6.45, 7) is 3.49. The van der Waals surface area contributed by atoms with Gasteiger partial charge in [0.15, 0.2) is 11.9 Å². The number of rotatable bonds is 5. The maximum atomic E-state index is 13.6. The van der Waals surface area contributed by atoms with Crippen LogP contribution in [0, 0.1) is 23.2 Å². The Bertz CT molecular complexity index is 609. The smallest absolute Gasteiger partial charge is 0.329 e. The minimum atomic E-state index is -0.809. The second-order valence-electron chi connectivity index (χ2n) is 9.46. The van der Waals surface area contributed by atoms with Crippen molar-refractivity contribution in [2.45, 2.75) is 83.5 Å². The van der Waals surface area contributed by atoms with Crippen LogP contribution in [0.25, 0.3) is 0 Å². The van der Waals surface area contributed by atoms with Crippen LogP contribution in [-0.2, 0) is 19.1 Å². The summed E-state index contributed by atoms with van der Waals surface area (Å²) in [4.78, 5) is 39.6. The Morgan fingerprint density at radius 3 is 2.15 bits per heavy atom. The van der Waals surface area contributed by atoms with Gasteiger partial charge in [0.25, 0.3) is 0 Å². The first-order valence-corrected chi connectivity index (χ1v) is 10.5. The van der Waals surface area contributed by atoms with Crippen molar-refractivity contribution in [2.24, 2.45) is 23.2 Å². The molecule has 6 nitrogen and oxygen atoms in total. The van der Waals surface area contributed by atoms with Gasteiger partial charge in [-0.15, -0.1) is 0 Å². The van der Waals surface area contributed by atoms with Gasteiger partial charge >= 0.3 is 5.97 Å². The van der Waals surface area contributed by atoms with Crippen molar-refractivity contribution in [3.63, 3.8) is 0 Å². The number of aliphatic hydroxyl groups is 1. The molecule has 1 saturated heterocycles. The molecule has 150 valence electrons. The molecule has 5 rings (SSSR count). The Labute approximate surface area is 160 Å². The Morgan fingerprint density at radius 2 is 1.63 bits per heavy atom. The zero-order chi connectivity index (χ0) is 19.3. The zero-order valence-corrected chi connectivity index (χ0v) is 16.4. The van der Waals surface area contributed by atoms with Crippen LogP contribution >= 0.6 is 0 Å². The number of amides is 1. The molecule has 3 atom stereocenters. The number of ketones is 1. The summed E-state index contributed by atoms with van der Waals surface area (Å²) in [7, 11) is 0. The van der Waals surface area contributed by atoms with Crippen molar-refractivity contribution in [1.82, 2.24) is 4.90 Å². The zero-order valence-electron chi connectivity index (χ0n) is 16.4. The SMILES string of the molecule is CCC(=O)[C@H](C)OC(=O)[C@@H]1C[C@@H](O)CN1C(=O)C12CC3CC(CC(C3)C1)C2. The average molecular weight is 377 g/mol. The lowest BCUT2D eigenvalue weighted by Crippen LogP contribution is -2.56. The second-order valence-corrected chi connectivity index (χ2v) is 9.46. The summed E-state index contributed by atoms with van der Waals surface area (Å²) in [6, 6.07) is -0.771. The first-order chi connectivity index (χ1) is 12.8. The van der Waals surface area contributed by atoms with E-state index in [2.05, 4.69) is 0 Å². The van der Waals surface area contributed by atoms with Crippen LogP contribution in [0.2, 0.25) is 0 Å². The van der Waals surface area contributed by atoms with Gasteiger partial charge in [-0.1, -0.05) is 6.92 Å². The van der Waals surface area contributed by atoms with Gasteiger partial charge in [-0.2, -0.15) is 0 Å². The van der Waals surface area contributed by atoms with Crippen LogP contribution in [0.3, 0.4) is 0 Å². The van der Waals surface area contributed by atoms with Crippen molar-refractivity contribution >= 4 is 17.7 Å². The number of β-amino-alcohol motifs (C(OH)–C–C–N with tert-alkyl or cyclic N) is 1. The second kappa shape index (κ2) is 6.87. The lowest BCUT2D eigenvalue weighted by Gasteiger charge is -2.56. The van der Waals surface area contributed by atoms with E-state index < -0.39 is 24.2 Å². The fourth-order valence-corrected chi connectivity index (χ4v) is 6.54. The van der Waals surface area contributed by atoms with Gasteiger partial charge in [0.05, 0.1) is 11.5 Å². The van der Waals surface area contributed by atoms with Gasteiger partial charge < -0.3 is 14.7 Å². The molecule has 1 amide bonds. The Kier molecular flexibility index (Phi) is 4.81. The molecule has 4 saturated carbocycles. The summed E-state index contributed by atoms with van der Waals surface area (Å²) in [5.41, 5.74) is -0.345. The number of carbonyl (C=O) groups is 3. The maximum absolute atomic E-state index is 13.6. The molecule has 0 unspecified atom stereocenters. The molecule has 1 N–H and O–H groups in total. The van der Waals surface area contributed by atoms with Gasteiger partial charge in [0.2, 0.25) is 5.91 Å². The van der Waals surface area contributed by atoms with E-state index >= 15 is 0 Å². The van der Waals surface area contributed by atoms with E-state index in [0.717, 1.165) is 19.3 Å². The monoisotopic (exact) mass is 377 g/mol. The number of nitrogens with zero attached hydrogens (tertiary/aromatic N) is 1. The highest BCUT2D eigenvalue weighted by Crippen LogP contribution is 2.60. The van der Waals surface area contributed by atoms with Crippen LogP contribution in [-0.4, -0.2) is 52.5 Å². The summed E-state index contributed by atoms with van der Waals surface area (Å²) >= 11 is 0. The van der Waals surface area contributed by atoms with Gasteiger partial charge in [-0.3, -0.25) is 9.59 Å². The van der Waals surface area contributed by atoms with E-state index in [4.69, 9.17) is 4.74 Å². The topological polar surface area (TPSA) is 83.9 Å². The standard InChI is InChI=1S/C21H31NO5/c1-3-18(24)12(2)27-19(25)17-7-16(23)11-22(17)20(26)21-8-13-4-14(9-21)6-15(5-13)10-21/h12-17,23H,3-11H2,1-2H3/t12-,13?,14?,15?,16+,17-,21?/m0/s1. The highest BCUT2D eigenvalue weighted by Gasteiger charge is 2.57. The molecule has 0 radical (unpaired) electrons. The lowest BCUT2D eigenvalue weighted by molar-refractivity contribution is -0.168. The number of esters is 1. The third-order valence-corrected chi connectivity index (χ3v) is 7.40. The van der Waals surface area contributed by atoms with Crippen molar-refractivity contribution in [3.8, 4) is 0 Å². The number of hydrogen-bond acceptors (Lipinski definition) is 5. The molecule has 5 fully saturated rings. The first kappa shape index (κ1) is 18.9. The Hall–Kier alpha value is -1.43. The van der Waals surface area contributed by atoms with E-state index in [1.54, 1.807) is 18.7 Å². The third-order valence-electron chi connectivity index (χ3n) is 7.40. The average Bonchev–Trinajstić information content (AvgIpc) is 3.00. The predicted octanol–water partition coefficient (Wildman–Crippen LogP) is 2.08. The quantitative estimate of drug-likeness (QED) is 0.742. The van der Waals surface area contributed by atoms with E-state index in [0.29, 0.717) is 24.2 Å². The normalized spacial score (nSPS) is 40.9. The van der Waals surface area contributed by atoms with Crippen molar-refractivity contribution < 1.29 is 24.2 Å². The van der Waals surface area contributed by atoms with Crippen molar-refractivity contribution in [3.05, 3.63) is 0 Å². The highest BCUT2D eigenvalue weighted by molar-refractivity contribution is 5.91. The van der Waals surface area contributed by atoms with E-state index in [1.807, 2.05) is 0 Å². The molecule has 4 aliphatic carbocycles. The van der Waals surface area contributed by atoms with Crippen LogP contribution < -0.4 is 0 Å². The molecular weight excluding hydrogens is 346 g/mol. The number of likely N-dealkylation sites (tertiary alicyclic amines) is 1. The molecule has 0 aromatic heterocycles. The summed E-state index contributed by atoms with van der Waals surface area (Å²) in [6.07, 6.45) is 5.51. The molecule has 5 aliphatic rings. The largest absolute Gasteiger partial charge is 0.453 e. The number of Topliss-reactive ketones (excluding diaryl/α,β-unsaturated/α-hetero) is 1. The van der Waals surface area contributed by atoms with Gasteiger partial charge in [-0.25, -0.2) is 4.79 Å². The molecule has 4 bridgehead atoms. The summed E-state index contributed by atoms with van der Waals surface area (Å²) in [5.74, 6) is 1.26. The number of carbonyl (C=O) groups excluding carboxylic acids is 3. The summed E-state index contributed by atoms with van der Waals surface area (Å²) < 4.78 is 5.34. The van der Waals surface area contributed by atoms with Crippen LogP contribution in [0.15, 0.2) is 0 Å². The highest BCUT2D eigenvalue weighted by atomic mass is 16.5. The molecule has 1 aliphatic heterocycles. The van der Waals surface area contributed by atoms with E-state index in [-0.39, 0.29) is 30.1 Å². The first-order valence-electron chi connectivity index (χ1n) is 10.5. The lowest BCUT2D eigenvalue weighted by atomic mass is 9.49. The minimum absolute atomic E-state index is 0.0366. The Balaban J connectivity index is 1.50. The number of hydrogen-bond donors (Lipinski definition) is 1. The molecule has 27 heavy (non-hydrogen) atoms. The Morgan fingerprint density at radius 1 is 1.07 bits per heavy atom. The van der Waals surface area contributed by atoms with Crippen LogP contribution in [0.1, 0.15) is 65.2 Å². The molecular formula is C21H31NO5. The van der Waals surface area contributed by atoms with Crippen LogP contribution in [0.4, 0.5) is 0 Å². The van der Waals surface area contributed by atoms with Gasteiger partial charge in [-0.05, 0) is 63.2 Å². The molecule has 6 heteroatoms. The molecule has 1 heterocycles. The number of ether oxygens (including phenoxy) is 1. The van der Waals surface area contributed by atoms with Gasteiger partial charge in [0, 0.05) is 19.4 Å². The van der Waals surface area contributed by atoms with E-state index in [1.165, 1.54) is 19.3 Å². The third kappa shape index (κ3) is 3.30. The fraction of sp³-hybridized carbons (Fsp3) is 0.857. The van der Waals surface area contributed by atoms with Crippen molar-refractivity contribution in [1.29, 1.82) is 0 Å². The molecule has 0 aromatic carbocycles. The molecule has 0 spiro atoms. The fourth-order valence-electron chi connectivity index (χ4n) is 6.54. The van der Waals surface area contributed by atoms with Crippen LogP contribution in [0.5, 0.6) is 0 Å². The maximum Gasteiger partial charge on any atom is 0.329 e. The molecule has 0 aromatic rings. The summed E-state index contributed by atoms with van der Waals surface area (Å²) in [5, 5.41) is 10.2.